The van der Waals surface area contributed by atoms with Crippen LogP contribution in [0.3, 0.4) is 0 Å². The molecule has 0 radical (unpaired) electrons. The molecular formula is C14H13NO4S. The van der Waals surface area contributed by atoms with Gasteiger partial charge in [-0.05, 0) is 24.3 Å². The molecule has 20 heavy (non-hydrogen) atoms. The van der Waals surface area contributed by atoms with E-state index in [1.807, 2.05) is 12.1 Å². The maximum atomic E-state index is 10.6. The Morgan fingerprint density at radius 1 is 0.950 bits per heavy atom. The zero-order valence-corrected chi connectivity index (χ0v) is 11.8. The summed E-state index contributed by atoms with van der Waals surface area (Å²) in [4.78, 5) is 12.0. The van der Waals surface area contributed by atoms with Gasteiger partial charge in [0.25, 0.3) is 5.69 Å². The summed E-state index contributed by atoms with van der Waals surface area (Å²) in [5.41, 5.74) is 0.0811. The highest BCUT2D eigenvalue weighted by Crippen LogP contribution is 2.34. The van der Waals surface area contributed by atoms with E-state index in [9.17, 15) is 10.1 Å². The highest BCUT2D eigenvalue weighted by atomic mass is 32.2. The summed E-state index contributed by atoms with van der Waals surface area (Å²) in [6.07, 6.45) is 0. The highest BCUT2D eigenvalue weighted by molar-refractivity contribution is 7.99. The third kappa shape index (κ3) is 3.42. The van der Waals surface area contributed by atoms with E-state index in [0.717, 1.165) is 9.79 Å². The first-order valence-electron chi connectivity index (χ1n) is 5.78. The average Bonchev–Trinajstić information content (AvgIpc) is 2.47. The summed E-state index contributed by atoms with van der Waals surface area (Å²) in [5, 5.41) is 10.6. The van der Waals surface area contributed by atoms with Crippen molar-refractivity contribution in [3.63, 3.8) is 0 Å². The van der Waals surface area contributed by atoms with Crippen LogP contribution in [0.4, 0.5) is 5.69 Å². The van der Waals surface area contributed by atoms with Gasteiger partial charge in [-0.3, -0.25) is 10.1 Å². The van der Waals surface area contributed by atoms with Gasteiger partial charge in [-0.15, -0.1) is 0 Å². The lowest BCUT2D eigenvalue weighted by Gasteiger charge is -2.08. The van der Waals surface area contributed by atoms with E-state index in [1.54, 1.807) is 32.4 Å². The Labute approximate surface area is 120 Å². The Morgan fingerprint density at radius 3 is 1.95 bits per heavy atom. The second-order valence-corrected chi connectivity index (χ2v) is 5.05. The van der Waals surface area contributed by atoms with Gasteiger partial charge in [0.1, 0.15) is 11.5 Å². The van der Waals surface area contributed by atoms with Crippen LogP contribution in [0.15, 0.2) is 52.3 Å². The first-order valence-corrected chi connectivity index (χ1v) is 6.59. The molecule has 0 spiro atoms. The van der Waals surface area contributed by atoms with E-state index in [-0.39, 0.29) is 5.69 Å². The molecule has 0 aromatic heterocycles. The van der Waals surface area contributed by atoms with E-state index >= 15 is 0 Å². The van der Waals surface area contributed by atoms with Crippen molar-refractivity contribution in [2.45, 2.75) is 9.79 Å². The number of hydrogen-bond acceptors (Lipinski definition) is 5. The molecular weight excluding hydrogens is 278 g/mol. The van der Waals surface area contributed by atoms with E-state index in [2.05, 4.69) is 0 Å². The molecule has 0 saturated carbocycles. The predicted octanol–water partition coefficient (Wildman–Crippen LogP) is 3.76. The highest BCUT2D eigenvalue weighted by Gasteiger charge is 2.07. The summed E-state index contributed by atoms with van der Waals surface area (Å²) in [5.74, 6) is 1.41. The van der Waals surface area contributed by atoms with Gasteiger partial charge in [-0.25, -0.2) is 0 Å². The lowest BCUT2D eigenvalue weighted by Crippen LogP contribution is -1.88. The van der Waals surface area contributed by atoms with Crippen LogP contribution in [0, 0.1) is 10.1 Å². The Kier molecular flexibility index (Phi) is 4.47. The lowest BCUT2D eigenvalue weighted by atomic mass is 10.3. The van der Waals surface area contributed by atoms with Crippen LogP contribution in [0.1, 0.15) is 0 Å². The topological polar surface area (TPSA) is 61.6 Å². The van der Waals surface area contributed by atoms with Gasteiger partial charge in [-0.1, -0.05) is 11.8 Å². The van der Waals surface area contributed by atoms with Gasteiger partial charge in [0.2, 0.25) is 0 Å². The molecule has 5 nitrogen and oxygen atoms in total. The molecule has 0 amide bonds. The monoisotopic (exact) mass is 291 g/mol. The molecule has 0 aliphatic heterocycles. The summed E-state index contributed by atoms with van der Waals surface area (Å²) in [6, 6.07) is 12.0. The predicted molar refractivity (Wildman–Crippen MR) is 76.8 cm³/mol. The SMILES string of the molecule is COc1cc(OC)cc(Sc2ccc([N+](=O)[O-])cc2)c1. The van der Waals surface area contributed by atoms with E-state index in [1.165, 1.54) is 23.9 Å². The number of hydrogen-bond donors (Lipinski definition) is 0. The van der Waals surface area contributed by atoms with Crippen LogP contribution < -0.4 is 9.47 Å². The van der Waals surface area contributed by atoms with Gasteiger partial charge < -0.3 is 9.47 Å². The third-order valence-corrected chi connectivity index (χ3v) is 3.59. The quantitative estimate of drug-likeness (QED) is 0.620. The second kappa shape index (κ2) is 6.29. The minimum atomic E-state index is -0.414. The Bertz CT molecular complexity index is 591. The van der Waals surface area contributed by atoms with Crippen molar-refractivity contribution in [2.24, 2.45) is 0 Å². The fourth-order valence-electron chi connectivity index (χ4n) is 1.61. The number of nitro benzene ring substituents is 1. The summed E-state index contributed by atoms with van der Waals surface area (Å²) in [7, 11) is 3.18. The molecule has 0 atom stereocenters. The summed E-state index contributed by atoms with van der Waals surface area (Å²) >= 11 is 1.48. The largest absolute Gasteiger partial charge is 0.497 e. The minimum Gasteiger partial charge on any atom is -0.497 e. The van der Waals surface area contributed by atoms with Gasteiger partial charge in [0.05, 0.1) is 19.1 Å². The number of nitro groups is 1. The van der Waals surface area contributed by atoms with Crippen LogP contribution in [0.5, 0.6) is 11.5 Å². The standard InChI is InChI=1S/C14H13NO4S/c1-18-11-7-12(19-2)9-14(8-11)20-13-5-3-10(4-6-13)15(16)17/h3-9H,1-2H3. The van der Waals surface area contributed by atoms with Gasteiger partial charge in [0.15, 0.2) is 0 Å². The first-order chi connectivity index (χ1) is 9.62. The van der Waals surface area contributed by atoms with E-state index in [4.69, 9.17) is 9.47 Å². The molecule has 2 aromatic rings. The fraction of sp³-hybridized carbons (Fsp3) is 0.143. The maximum Gasteiger partial charge on any atom is 0.269 e. The maximum absolute atomic E-state index is 10.6. The second-order valence-electron chi connectivity index (χ2n) is 3.90. The molecule has 6 heteroatoms. The smallest absolute Gasteiger partial charge is 0.269 e. The zero-order valence-electron chi connectivity index (χ0n) is 11.0. The third-order valence-electron chi connectivity index (χ3n) is 2.61. The van der Waals surface area contributed by atoms with Crippen molar-refractivity contribution >= 4 is 17.4 Å². The average molecular weight is 291 g/mol. The molecule has 0 fully saturated rings. The Hall–Kier alpha value is -2.21. The number of rotatable bonds is 5. The van der Waals surface area contributed by atoms with Gasteiger partial charge in [-0.2, -0.15) is 0 Å². The molecule has 0 aliphatic carbocycles. The van der Waals surface area contributed by atoms with E-state index in [0.29, 0.717) is 11.5 Å². The van der Waals surface area contributed by atoms with Crippen molar-refractivity contribution in [3.8, 4) is 11.5 Å². The molecule has 2 rings (SSSR count). The number of benzene rings is 2. The number of ether oxygens (including phenoxy) is 2. The Morgan fingerprint density at radius 2 is 1.50 bits per heavy atom. The summed E-state index contributed by atoms with van der Waals surface area (Å²) in [6.45, 7) is 0. The molecule has 0 bridgehead atoms. The van der Waals surface area contributed by atoms with Crippen LogP contribution in [-0.2, 0) is 0 Å². The van der Waals surface area contributed by atoms with Crippen molar-refractivity contribution in [1.29, 1.82) is 0 Å². The minimum absolute atomic E-state index is 0.0811. The molecule has 0 saturated heterocycles. The molecule has 2 aromatic carbocycles. The normalized spacial score (nSPS) is 10.1. The van der Waals surface area contributed by atoms with Crippen LogP contribution in [0.25, 0.3) is 0 Å². The molecule has 0 unspecified atom stereocenters. The van der Waals surface area contributed by atoms with Gasteiger partial charge >= 0.3 is 0 Å². The summed E-state index contributed by atoms with van der Waals surface area (Å²) < 4.78 is 10.4. The molecule has 0 heterocycles. The van der Waals surface area contributed by atoms with E-state index < -0.39 is 4.92 Å². The molecule has 0 aliphatic rings. The molecule has 104 valence electrons. The number of nitrogens with zero attached hydrogens (tertiary/aromatic N) is 1. The van der Waals surface area contributed by atoms with Crippen LogP contribution >= 0.6 is 11.8 Å². The Balaban J connectivity index is 2.22. The van der Waals surface area contributed by atoms with Crippen LogP contribution in [-0.4, -0.2) is 19.1 Å². The fourth-order valence-corrected chi connectivity index (χ4v) is 2.51. The van der Waals surface area contributed by atoms with Gasteiger partial charge in [0, 0.05) is 28.0 Å². The van der Waals surface area contributed by atoms with Crippen molar-refractivity contribution in [3.05, 3.63) is 52.6 Å². The number of methoxy groups -OCH3 is 2. The van der Waals surface area contributed by atoms with Crippen molar-refractivity contribution < 1.29 is 14.4 Å². The van der Waals surface area contributed by atoms with Crippen LogP contribution in [0.2, 0.25) is 0 Å². The zero-order chi connectivity index (χ0) is 14.5. The van der Waals surface area contributed by atoms with Crippen molar-refractivity contribution in [2.75, 3.05) is 14.2 Å². The lowest BCUT2D eigenvalue weighted by molar-refractivity contribution is -0.384. The first kappa shape index (κ1) is 14.2. The molecule has 0 N–H and O–H groups in total. The van der Waals surface area contributed by atoms with Crippen molar-refractivity contribution in [1.82, 2.24) is 0 Å². The number of non-ortho nitro benzene ring substituents is 1.